The van der Waals surface area contributed by atoms with E-state index in [2.05, 4.69) is 22.4 Å². The minimum atomic E-state index is -0.00893. The maximum Gasteiger partial charge on any atom is 0.256 e. The summed E-state index contributed by atoms with van der Waals surface area (Å²) in [7, 11) is 0. The average molecular weight is 222 g/mol. The number of hydrogen-bond donors (Lipinski definition) is 2. The SMILES string of the molecule is Cc1cc2c(cc3c4c(cccc42)NC3=O)[nH]1. The monoisotopic (exact) mass is 222 g/mol. The first-order valence-corrected chi connectivity index (χ1v) is 5.60. The number of H-pyrrole nitrogens is 1. The van der Waals surface area contributed by atoms with Crippen molar-refractivity contribution in [1.29, 1.82) is 0 Å². The van der Waals surface area contributed by atoms with Crippen molar-refractivity contribution in [2.75, 3.05) is 5.32 Å². The summed E-state index contributed by atoms with van der Waals surface area (Å²) in [6.07, 6.45) is 0. The van der Waals surface area contributed by atoms with E-state index in [4.69, 9.17) is 0 Å². The summed E-state index contributed by atoms with van der Waals surface area (Å²) in [6.45, 7) is 2.03. The van der Waals surface area contributed by atoms with Crippen molar-refractivity contribution in [2.24, 2.45) is 0 Å². The summed E-state index contributed by atoms with van der Waals surface area (Å²) in [5.41, 5.74) is 3.83. The molecule has 4 rings (SSSR count). The lowest BCUT2D eigenvalue weighted by Crippen LogP contribution is -2.03. The molecule has 2 aromatic carbocycles. The first-order valence-electron chi connectivity index (χ1n) is 5.60. The number of benzene rings is 2. The van der Waals surface area contributed by atoms with Crippen molar-refractivity contribution in [2.45, 2.75) is 6.92 Å². The molecule has 0 radical (unpaired) electrons. The lowest BCUT2D eigenvalue weighted by molar-refractivity contribution is 0.103. The van der Waals surface area contributed by atoms with Crippen LogP contribution < -0.4 is 5.32 Å². The number of nitrogens with one attached hydrogen (secondary N) is 2. The van der Waals surface area contributed by atoms with Crippen molar-refractivity contribution in [3.05, 3.63) is 41.6 Å². The normalized spacial score (nSPS) is 13.6. The van der Waals surface area contributed by atoms with Crippen LogP contribution in [0.15, 0.2) is 30.3 Å². The van der Waals surface area contributed by atoms with Gasteiger partial charge >= 0.3 is 0 Å². The fourth-order valence-corrected chi connectivity index (χ4v) is 2.70. The second-order valence-electron chi connectivity index (χ2n) is 4.52. The summed E-state index contributed by atoms with van der Waals surface area (Å²) in [6, 6.07) is 10.1. The van der Waals surface area contributed by atoms with E-state index in [-0.39, 0.29) is 5.91 Å². The molecular formula is C14H10N2O. The molecule has 0 bridgehead atoms. The van der Waals surface area contributed by atoms with Gasteiger partial charge in [0, 0.05) is 27.7 Å². The van der Waals surface area contributed by atoms with E-state index in [0.29, 0.717) is 0 Å². The van der Waals surface area contributed by atoms with Gasteiger partial charge in [-0.3, -0.25) is 4.79 Å². The molecule has 0 spiro atoms. The van der Waals surface area contributed by atoms with Crippen LogP contribution in [0.3, 0.4) is 0 Å². The van der Waals surface area contributed by atoms with Crippen LogP contribution in [-0.4, -0.2) is 10.9 Å². The number of rotatable bonds is 0. The second kappa shape index (κ2) is 2.69. The Balaban J connectivity index is 2.35. The third-order valence-corrected chi connectivity index (χ3v) is 3.39. The molecule has 2 heterocycles. The van der Waals surface area contributed by atoms with E-state index in [0.717, 1.165) is 33.2 Å². The number of anilines is 1. The highest BCUT2D eigenvalue weighted by molar-refractivity contribution is 6.28. The Morgan fingerprint density at radius 3 is 2.88 bits per heavy atom. The molecule has 0 atom stereocenters. The van der Waals surface area contributed by atoms with E-state index >= 15 is 0 Å². The molecule has 0 fully saturated rings. The highest BCUT2D eigenvalue weighted by Gasteiger charge is 2.22. The highest BCUT2D eigenvalue weighted by Crippen LogP contribution is 2.37. The first kappa shape index (κ1) is 8.82. The molecule has 0 saturated heterocycles. The average Bonchev–Trinajstić information content (AvgIpc) is 2.82. The zero-order valence-corrected chi connectivity index (χ0v) is 9.29. The number of amides is 1. The van der Waals surface area contributed by atoms with E-state index in [1.807, 2.05) is 25.1 Å². The molecule has 1 aromatic heterocycles. The van der Waals surface area contributed by atoms with E-state index in [1.165, 1.54) is 5.39 Å². The Kier molecular flexibility index (Phi) is 1.39. The fraction of sp³-hybridized carbons (Fsp3) is 0.0714. The van der Waals surface area contributed by atoms with Crippen LogP contribution in [0, 0.1) is 6.92 Å². The van der Waals surface area contributed by atoms with Gasteiger partial charge in [0.15, 0.2) is 0 Å². The topological polar surface area (TPSA) is 44.9 Å². The number of carbonyl (C=O) groups excluding carboxylic acids is 1. The predicted octanol–water partition coefficient (Wildman–Crippen LogP) is 3.20. The molecule has 0 unspecified atom stereocenters. The standard InChI is InChI=1S/C14H10N2O/c1-7-5-9-8-3-2-4-11-13(8)10(14(17)16-11)6-12(9)15-7/h2-6,15H,1H3,(H,16,17). The number of fused-ring (bicyclic) bond motifs is 2. The Morgan fingerprint density at radius 2 is 2.00 bits per heavy atom. The lowest BCUT2D eigenvalue weighted by Gasteiger charge is -2.01. The van der Waals surface area contributed by atoms with Gasteiger partial charge in [-0.15, -0.1) is 0 Å². The molecule has 1 amide bonds. The molecular weight excluding hydrogens is 212 g/mol. The molecule has 2 N–H and O–H groups in total. The highest BCUT2D eigenvalue weighted by atomic mass is 16.1. The van der Waals surface area contributed by atoms with Gasteiger partial charge in [-0.25, -0.2) is 0 Å². The van der Waals surface area contributed by atoms with Gasteiger partial charge < -0.3 is 10.3 Å². The Bertz CT molecular complexity index is 799. The van der Waals surface area contributed by atoms with Crippen LogP contribution in [-0.2, 0) is 0 Å². The third-order valence-electron chi connectivity index (χ3n) is 3.39. The molecule has 0 aliphatic carbocycles. The van der Waals surface area contributed by atoms with Gasteiger partial charge in [0.25, 0.3) is 5.91 Å². The first-order chi connectivity index (χ1) is 8.24. The molecule has 17 heavy (non-hydrogen) atoms. The smallest absolute Gasteiger partial charge is 0.256 e. The van der Waals surface area contributed by atoms with Gasteiger partial charge in [-0.1, -0.05) is 12.1 Å². The summed E-state index contributed by atoms with van der Waals surface area (Å²) >= 11 is 0. The van der Waals surface area contributed by atoms with Gasteiger partial charge in [-0.2, -0.15) is 0 Å². The van der Waals surface area contributed by atoms with E-state index < -0.39 is 0 Å². The van der Waals surface area contributed by atoms with Gasteiger partial charge in [0.2, 0.25) is 0 Å². The summed E-state index contributed by atoms with van der Waals surface area (Å²) in [4.78, 5) is 15.2. The molecule has 3 aromatic rings. The number of aryl methyl sites for hydroxylation is 1. The number of aromatic nitrogens is 1. The van der Waals surface area contributed by atoms with Gasteiger partial charge in [0.05, 0.1) is 5.56 Å². The van der Waals surface area contributed by atoms with Crippen LogP contribution >= 0.6 is 0 Å². The number of carbonyl (C=O) groups is 1. The maximum atomic E-state index is 11.9. The predicted molar refractivity (Wildman–Crippen MR) is 68.5 cm³/mol. The number of hydrogen-bond acceptors (Lipinski definition) is 1. The molecule has 1 aliphatic rings. The Hall–Kier alpha value is -2.29. The van der Waals surface area contributed by atoms with Crippen LogP contribution in [0.2, 0.25) is 0 Å². The lowest BCUT2D eigenvalue weighted by atomic mass is 10.0. The van der Waals surface area contributed by atoms with Crippen molar-refractivity contribution >= 4 is 33.3 Å². The fourth-order valence-electron chi connectivity index (χ4n) is 2.70. The van der Waals surface area contributed by atoms with Crippen LogP contribution in [0.4, 0.5) is 5.69 Å². The molecule has 82 valence electrons. The van der Waals surface area contributed by atoms with Crippen molar-refractivity contribution in [3.8, 4) is 0 Å². The van der Waals surface area contributed by atoms with E-state index in [1.54, 1.807) is 0 Å². The van der Waals surface area contributed by atoms with Crippen molar-refractivity contribution in [1.82, 2.24) is 4.98 Å². The van der Waals surface area contributed by atoms with Gasteiger partial charge in [0.1, 0.15) is 0 Å². The van der Waals surface area contributed by atoms with E-state index in [9.17, 15) is 4.79 Å². The van der Waals surface area contributed by atoms with Crippen LogP contribution in [0.1, 0.15) is 16.1 Å². The zero-order valence-electron chi connectivity index (χ0n) is 9.29. The molecule has 3 heteroatoms. The molecule has 0 saturated carbocycles. The minimum Gasteiger partial charge on any atom is -0.359 e. The Labute approximate surface area is 97.4 Å². The summed E-state index contributed by atoms with van der Waals surface area (Å²) in [5, 5.41) is 6.26. The van der Waals surface area contributed by atoms with Crippen molar-refractivity contribution in [3.63, 3.8) is 0 Å². The second-order valence-corrected chi connectivity index (χ2v) is 4.52. The van der Waals surface area contributed by atoms with Crippen LogP contribution in [0.25, 0.3) is 21.7 Å². The largest absolute Gasteiger partial charge is 0.359 e. The minimum absolute atomic E-state index is 0.00893. The van der Waals surface area contributed by atoms with Crippen LogP contribution in [0.5, 0.6) is 0 Å². The summed E-state index contributed by atoms with van der Waals surface area (Å²) < 4.78 is 0. The zero-order chi connectivity index (χ0) is 11.6. The molecule has 1 aliphatic heterocycles. The third kappa shape index (κ3) is 0.984. The summed E-state index contributed by atoms with van der Waals surface area (Å²) in [5.74, 6) is -0.00893. The Morgan fingerprint density at radius 1 is 1.12 bits per heavy atom. The van der Waals surface area contributed by atoms with Crippen molar-refractivity contribution < 1.29 is 4.79 Å². The quantitative estimate of drug-likeness (QED) is 0.602. The maximum absolute atomic E-state index is 11.9. The van der Waals surface area contributed by atoms with Gasteiger partial charge in [-0.05, 0) is 30.5 Å². The number of aromatic amines is 1. The molecule has 3 nitrogen and oxygen atoms in total.